The van der Waals surface area contributed by atoms with Crippen LogP contribution >= 0.6 is 19.0 Å². The number of carbonyl (C=O) groups excluding carboxylic acids is 1. The van der Waals surface area contributed by atoms with Crippen molar-refractivity contribution >= 4 is 46.4 Å². The van der Waals surface area contributed by atoms with Gasteiger partial charge in [0.2, 0.25) is 12.4 Å². The van der Waals surface area contributed by atoms with Crippen LogP contribution in [0.2, 0.25) is 5.02 Å². The molecule has 0 saturated heterocycles. The highest BCUT2D eigenvalue weighted by molar-refractivity contribution is 7.75. The lowest BCUT2D eigenvalue weighted by molar-refractivity contribution is -0.905. The van der Waals surface area contributed by atoms with Gasteiger partial charge in [-0.2, -0.15) is 0 Å². The first-order valence-electron chi connectivity index (χ1n) is 10.8. The number of nitrogens with zero attached hydrogens (tertiary/aromatic N) is 1. The van der Waals surface area contributed by atoms with Gasteiger partial charge in [0.05, 0.1) is 5.30 Å². The molecule has 0 aliphatic rings. The van der Waals surface area contributed by atoms with Crippen molar-refractivity contribution in [3.8, 4) is 0 Å². The molecule has 176 valence electrons. The van der Waals surface area contributed by atoms with Gasteiger partial charge in [0.15, 0.2) is 0 Å². The van der Waals surface area contributed by atoms with Gasteiger partial charge in [-0.3, -0.25) is 14.6 Å². The van der Waals surface area contributed by atoms with Crippen LogP contribution in [0.4, 0.5) is 0 Å². The van der Waals surface area contributed by atoms with E-state index in [1.165, 1.54) is 13.3 Å². The third kappa shape index (κ3) is 4.73. The Morgan fingerprint density at radius 2 is 1.91 bits per heavy atom. The van der Waals surface area contributed by atoms with E-state index in [9.17, 15) is 14.6 Å². The minimum atomic E-state index is -3.65. The summed E-state index contributed by atoms with van der Waals surface area (Å²) >= 11 is 6.27. The van der Waals surface area contributed by atoms with Crippen LogP contribution in [0.25, 0.3) is 10.9 Å². The molecule has 0 saturated carbocycles. The maximum atomic E-state index is 14.4. The fourth-order valence-corrected chi connectivity index (χ4v) is 6.66. The summed E-state index contributed by atoms with van der Waals surface area (Å²) in [5.41, 5.74) is 3.55. The molecule has 1 unspecified atom stereocenters. The molecular weight excluding hydrogens is 473 g/mol. The summed E-state index contributed by atoms with van der Waals surface area (Å²) < 4.78 is 21.1. The summed E-state index contributed by atoms with van der Waals surface area (Å²) in [5, 5.41) is 14.3. The number of aromatic amines is 1. The molecule has 4 rings (SSSR count). The lowest BCUT2D eigenvalue weighted by atomic mass is 10.2. The standard InChI is InChI=1S/C25H25ClN3O4P/c1-16-11-17(2)13-20(12-16)34(32,33-3)24-21-14-19(26)6-7-22(21)28-23(24)25(30)27-9-8-18-5-4-10-29(31)15-18/h4-7,10-15H,8-9H2,1-3H3,(H2-,27,28,30,31,32)/p+1. The van der Waals surface area contributed by atoms with Crippen molar-refractivity contribution in [3.05, 3.63) is 88.3 Å². The second-order valence-corrected chi connectivity index (χ2v) is 11.1. The Morgan fingerprint density at radius 3 is 2.59 bits per heavy atom. The molecule has 2 aromatic carbocycles. The predicted molar refractivity (Wildman–Crippen MR) is 133 cm³/mol. The van der Waals surface area contributed by atoms with Crippen LogP contribution in [0, 0.1) is 13.8 Å². The highest BCUT2D eigenvalue weighted by Gasteiger charge is 2.36. The van der Waals surface area contributed by atoms with Crippen molar-refractivity contribution in [1.29, 1.82) is 0 Å². The molecule has 1 amide bonds. The highest BCUT2D eigenvalue weighted by atomic mass is 35.5. The topological polar surface area (TPSA) is 95.3 Å². The Morgan fingerprint density at radius 1 is 1.18 bits per heavy atom. The number of halogens is 1. The van der Waals surface area contributed by atoms with Gasteiger partial charge in [-0.05, 0) is 56.7 Å². The minimum absolute atomic E-state index is 0.173. The van der Waals surface area contributed by atoms with Crippen molar-refractivity contribution < 1.29 is 23.8 Å². The third-order valence-electron chi connectivity index (χ3n) is 5.60. The monoisotopic (exact) mass is 498 g/mol. The average Bonchev–Trinajstić information content (AvgIpc) is 3.17. The van der Waals surface area contributed by atoms with Gasteiger partial charge in [0.25, 0.3) is 13.3 Å². The SMILES string of the molecule is COP(=O)(c1cc(C)cc(C)c1)c1c(C(=O)NCCc2ccc[n+](O)c2)[nH]c2ccc(Cl)cc12. The van der Waals surface area contributed by atoms with Crippen molar-refractivity contribution in [1.82, 2.24) is 10.3 Å². The number of amides is 1. The molecule has 0 aliphatic carbocycles. The molecule has 0 bridgehead atoms. The van der Waals surface area contributed by atoms with E-state index in [-0.39, 0.29) is 5.69 Å². The molecule has 9 heteroatoms. The van der Waals surface area contributed by atoms with E-state index in [2.05, 4.69) is 10.3 Å². The molecule has 3 N–H and O–H groups in total. The summed E-state index contributed by atoms with van der Waals surface area (Å²) in [6, 6.07) is 14.4. The number of aryl methyl sites for hydroxylation is 2. The number of benzene rings is 2. The molecule has 2 aromatic heterocycles. The van der Waals surface area contributed by atoms with Gasteiger partial charge in [0.1, 0.15) is 5.69 Å². The lowest BCUT2D eigenvalue weighted by Crippen LogP contribution is -2.32. The maximum absolute atomic E-state index is 14.4. The second kappa shape index (κ2) is 9.63. The number of H-pyrrole nitrogens is 1. The fraction of sp³-hybridized carbons (Fsp3) is 0.200. The number of pyridine rings is 1. The molecule has 0 aliphatic heterocycles. The van der Waals surface area contributed by atoms with E-state index in [0.717, 1.165) is 21.4 Å². The summed E-state index contributed by atoms with van der Waals surface area (Å²) in [4.78, 5) is 16.4. The summed E-state index contributed by atoms with van der Waals surface area (Å²) in [6.45, 7) is 4.17. The Balaban J connectivity index is 1.77. The van der Waals surface area contributed by atoms with Crippen LogP contribution in [0.3, 0.4) is 0 Å². The Labute approximate surface area is 202 Å². The number of rotatable bonds is 7. The highest BCUT2D eigenvalue weighted by Crippen LogP contribution is 2.47. The molecule has 4 aromatic rings. The Hall–Kier alpha value is -3.12. The van der Waals surface area contributed by atoms with Crippen LogP contribution in [-0.4, -0.2) is 29.8 Å². The summed E-state index contributed by atoms with van der Waals surface area (Å²) in [7, 11) is -2.26. The van der Waals surface area contributed by atoms with E-state index >= 15 is 0 Å². The first-order chi connectivity index (χ1) is 16.2. The number of nitrogens with one attached hydrogen (secondary N) is 2. The smallest absolute Gasteiger partial charge is 0.268 e. The number of carbonyl (C=O) groups is 1. The van der Waals surface area contributed by atoms with Gasteiger partial charge in [-0.1, -0.05) is 28.8 Å². The fourth-order valence-electron chi connectivity index (χ4n) is 4.13. The number of hydrogen-bond acceptors (Lipinski definition) is 4. The first kappa shape index (κ1) is 24.0. The van der Waals surface area contributed by atoms with Crippen LogP contribution in [0.5, 0.6) is 0 Å². The molecular formula is C25H26ClN3O4P+. The van der Waals surface area contributed by atoms with Gasteiger partial charge in [-0.15, -0.1) is 0 Å². The lowest BCUT2D eigenvalue weighted by Gasteiger charge is -2.19. The normalized spacial score (nSPS) is 13.1. The molecule has 0 spiro atoms. The Kier molecular flexibility index (Phi) is 6.80. The van der Waals surface area contributed by atoms with Gasteiger partial charge in [0, 0.05) is 51.2 Å². The van der Waals surface area contributed by atoms with E-state index < -0.39 is 13.3 Å². The largest absolute Gasteiger partial charge is 0.350 e. The zero-order chi connectivity index (χ0) is 24.5. The minimum Gasteiger partial charge on any atom is -0.350 e. The summed E-state index contributed by atoms with van der Waals surface area (Å²) in [5.74, 6) is -0.406. The van der Waals surface area contributed by atoms with Crippen LogP contribution in [-0.2, 0) is 15.5 Å². The molecule has 7 nitrogen and oxygen atoms in total. The maximum Gasteiger partial charge on any atom is 0.268 e. The van der Waals surface area contributed by atoms with Gasteiger partial charge < -0.3 is 14.8 Å². The van der Waals surface area contributed by atoms with E-state index in [4.69, 9.17) is 16.1 Å². The molecule has 0 radical (unpaired) electrons. The van der Waals surface area contributed by atoms with E-state index in [1.807, 2.05) is 38.1 Å². The zero-order valence-corrected chi connectivity index (χ0v) is 20.8. The van der Waals surface area contributed by atoms with E-state index in [0.29, 0.717) is 39.5 Å². The second-order valence-electron chi connectivity index (χ2n) is 8.22. The molecule has 1 atom stereocenters. The van der Waals surface area contributed by atoms with Gasteiger partial charge in [-0.25, -0.2) is 0 Å². The van der Waals surface area contributed by atoms with Crippen LogP contribution < -0.4 is 20.7 Å². The zero-order valence-electron chi connectivity index (χ0n) is 19.1. The van der Waals surface area contributed by atoms with Crippen molar-refractivity contribution in [2.45, 2.75) is 20.3 Å². The Bertz CT molecular complexity index is 1410. The van der Waals surface area contributed by atoms with Crippen molar-refractivity contribution in [2.24, 2.45) is 0 Å². The molecule has 2 heterocycles. The van der Waals surface area contributed by atoms with Gasteiger partial charge >= 0.3 is 0 Å². The van der Waals surface area contributed by atoms with Crippen molar-refractivity contribution in [3.63, 3.8) is 0 Å². The first-order valence-corrected chi connectivity index (χ1v) is 12.8. The average molecular weight is 499 g/mol. The van der Waals surface area contributed by atoms with Crippen LogP contribution in [0.15, 0.2) is 60.9 Å². The third-order valence-corrected chi connectivity index (χ3v) is 8.35. The predicted octanol–water partition coefficient (Wildman–Crippen LogP) is 3.81. The quantitative estimate of drug-likeness (QED) is 0.205. The molecule has 34 heavy (non-hydrogen) atoms. The number of aromatic nitrogens is 2. The summed E-state index contributed by atoms with van der Waals surface area (Å²) in [6.07, 6.45) is 3.59. The molecule has 0 fully saturated rings. The van der Waals surface area contributed by atoms with Crippen molar-refractivity contribution in [2.75, 3.05) is 13.7 Å². The van der Waals surface area contributed by atoms with Crippen LogP contribution in [0.1, 0.15) is 27.2 Å². The number of fused-ring (bicyclic) bond motifs is 1. The number of hydrogen-bond donors (Lipinski definition) is 3. The van der Waals surface area contributed by atoms with E-state index in [1.54, 1.807) is 30.5 Å².